The second-order valence-electron chi connectivity index (χ2n) is 3.73. The Balaban J connectivity index is 2.44. The molecule has 1 atom stereocenters. The van der Waals surface area contributed by atoms with Gasteiger partial charge in [0.2, 0.25) is 0 Å². The number of alkyl halides is 4. The van der Waals surface area contributed by atoms with Gasteiger partial charge in [-0.25, -0.2) is 0 Å². The Labute approximate surface area is 130 Å². The van der Waals surface area contributed by atoms with E-state index in [0.717, 1.165) is 6.07 Å². The fourth-order valence-electron chi connectivity index (χ4n) is 1.56. The molecule has 1 aromatic heterocycles. The third kappa shape index (κ3) is 3.27. The van der Waals surface area contributed by atoms with Crippen molar-refractivity contribution in [2.24, 2.45) is 0 Å². The van der Waals surface area contributed by atoms with Gasteiger partial charge in [-0.3, -0.25) is 0 Å². The molecule has 0 N–H and O–H groups in total. The highest BCUT2D eigenvalue weighted by Crippen LogP contribution is 2.41. The lowest BCUT2D eigenvalue weighted by Crippen LogP contribution is -2.07. The molecule has 0 saturated heterocycles. The molecule has 0 amide bonds. The van der Waals surface area contributed by atoms with E-state index in [-0.39, 0.29) is 4.47 Å². The summed E-state index contributed by atoms with van der Waals surface area (Å²) < 4.78 is 38.4. The summed E-state index contributed by atoms with van der Waals surface area (Å²) in [5.41, 5.74) is -0.384. The van der Waals surface area contributed by atoms with Crippen molar-refractivity contribution >= 4 is 50.5 Å². The minimum absolute atomic E-state index is 0.00936. The van der Waals surface area contributed by atoms with Crippen LogP contribution in [0.25, 0.3) is 0 Å². The first-order valence-electron chi connectivity index (χ1n) is 5.04. The Hall–Kier alpha value is -0.230. The molecular weight excluding hydrogens is 384 g/mol. The van der Waals surface area contributed by atoms with E-state index in [1.165, 1.54) is 17.4 Å². The molecular formula is C12H6BrCl2F3S. The smallest absolute Gasteiger partial charge is 0.166 e. The average molecular weight is 390 g/mol. The van der Waals surface area contributed by atoms with Crippen molar-refractivity contribution in [3.05, 3.63) is 55.1 Å². The summed E-state index contributed by atoms with van der Waals surface area (Å²) in [4.78, 5) is 0.638. The molecule has 7 heteroatoms. The van der Waals surface area contributed by atoms with Gasteiger partial charge in [-0.05, 0) is 29.1 Å². The topological polar surface area (TPSA) is 0 Å². The third-order valence-corrected chi connectivity index (χ3v) is 5.18. The SMILES string of the molecule is FC(F)(F)c1cc(C(Cl)c2sccc2Cl)ccc1Br. The molecule has 0 spiro atoms. The third-order valence-electron chi connectivity index (χ3n) is 2.46. The number of benzene rings is 1. The Kier molecular flexibility index (Phi) is 4.50. The lowest BCUT2D eigenvalue weighted by molar-refractivity contribution is -0.138. The summed E-state index contributed by atoms with van der Waals surface area (Å²) in [5, 5.41) is 1.51. The van der Waals surface area contributed by atoms with Crippen molar-refractivity contribution in [1.82, 2.24) is 0 Å². The maximum atomic E-state index is 12.8. The van der Waals surface area contributed by atoms with Crippen LogP contribution in [-0.4, -0.2) is 0 Å². The number of hydrogen-bond acceptors (Lipinski definition) is 1. The fourth-order valence-corrected chi connectivity index (χ4v) is 3.66. The van der Waals surface area contributed by atoms with Gasteiger partial charge in [-0.1, -0.05) is 33.6 Å². The van der Waals surface area contributed by atoms with Gasteiger partial charge in [-0.15, -0.1) is 22.9 Å². The van der Waals surface area contributed by atoms with E-state index in [0.29, 0.717) is 15.5 Å². The molecule has 0 radical (unpaired) electrons. The van der Waals surface area contributed by atoms with Crippen LogP contribution < -0.4 is 0 Å². The van der Waals surface area contributed by atoms with E-state index in [1.807, 2.05) is 0 Å². The molecule has 0 bridgehead atoms. The van der Waals surface area contributed by atoms with Crippen molar-refractivity contribution in [3.8, 4) is 0 Å². The molecule has 0 fully saturated rings. The molecule has 102 valence electrons. The first kappa shape index (κ1) is 15.2. The first-order chi connectivity index (χ1) is 8.80. The first-order valence-corrected chi connectivity index (χ1v) is 7.53. The van der Waals surface area contributed by atoms with Crippen molar-refractivity contribution in [2.45, 2.75) is 11.6 Å². The van der Waals surface area contributed by atoms with E-state index >= 15 is 0 Å². The second-order valence-corrected chi connectivity index (χ2v) is 6.38. The Morgan fingerprint density at radius 1 is 1.21 bits per heavy atom. The maximum Gasteiger partial charge on any atom is 0.417 e. The Morgan fingerprint density at radius 3 is 2.42 bits per heavy atom. The Morgan fingerprint density at radius 2 is 1.89 bits per heavy atom. The number of hydrogen-bond donors (Lipinski definition) is 0. The molecule has 0 aliphatic rings. The van der Waals surface area contributed by atoms with Crippen LogP contribution >= 0.6 is 50.5 Å². The van der Waals surface area contributed by atoms with Gasteiger partial charge in [0.1, 0.15) is 0 Å². The van der Waals surface area contributed by atoms with E-state index in [1.54, 1.807) is 17.5 Å². The van der Waals surface area contributed by atoms with Crippen molar-refractivity contribution in [1.29, 1.82) is 0 Å². The summed E-state index contributed by atoms with van der Waals surface area (Å²) in [5.74, 6) is 0. The standard InChI is InChI=1S/C12H6BrCl2F3S/c13-8-2-1-6(5-7(8)12(16,17)18)10(15)11-9(14)3-4-19-11/h1-5,10H. The van der Waals surface area contributed by atoms with Gasteiger partial charge in [0.05, 0.1) is 16.0 Å². The predicted octanol–water partition coefficient (Wildman–Crippen LogP) is 6.51. The van der Waals surface area contributed by atoms with E-state index in [9.17, 15) is 13.2 Å². The van der Waals surface area contributed by atoms with Crippen molar-refractivity contribution < 1.29 is 13.2 Å². The predicted molar refractivity (Wildman–Crippen MR) is 76.2 cm³/mol. The van der Waals surface area contributed by atoms with Gasteiger partial charge in [-0.2, -0.15) is 13.2 Å². The maximum absolute atomic E-state index is 12.8. The van der Waals surface area contributed by atoms with Crippen molar-refractivity contribution in [3.63, 3.8) is 0 Å². The number of thiophene rings is 1. The molecule has 0 aliphatic carbocycles. The highest BCUT2D eigenvalue weighted by molar-refractivity contribution is 9.10. The van der Waals surface area contributed by atoms with E-state index in [2.05, 4.69) is 15.9 Å². The van der Waals surface area contributed by atoms with Crippen LogP contribution in [0.4, 0.5) is 13.2 Å². The molecule has 0 aliphatic heterocycles. The average Bonchev–Trinajstić information content (AvgIpc) is 2.73. The van der Waals surface area contributed by atoms with E-state index in [4.69, 9.17) is 23.2 Å². The van der Waals surface area contributed by atoms with Gasteiger partial charge < -0.3 is 0 Å². The highest BCUT2D eigenvalue weighted by atomic mass is 79.9. The second kappa shape index (κ2) is 5.64. The Bertz CT molecular complexity index is 595. The number of halogens is 6. The molecule has 0 nitrogen and oxygen atoms in total. The summed E-state index contributed by atoms with van der Waals surface area (Å²) in [6.07, 6.45) is -4.43. The molecule has 1 heterocycles. The summed E-state index contributed by atoms with van der Waals surface area (Å²) in [6.45, 7) is 0. The van der Waals surface area contributed by atoms with Crippen LogP contribution in [0, 0.1) is 0 Å². The fraction of sp³-hybridized carbons (Fsp3) is 0.167. The monoisotopic (exact) mass is 388 g/mol. The zero-order chi connectivity index (χ0) is 14.2. The zero-order valence-electron chi connectivity index (χ0n) is 9.14. The quantitative estimate of drug-likeness (QED) is 0.513. The molecule has 0 saturated carbocycles. The summed E-state index contributed by atoms with van der Waals surface area (Å²) in [7, 11) is 0. The normalized spacial score (nSPS) is 13.6. The largest absolute Gasteiger partial charge is 0.417 e. The number of rotatable bonds is 2. The molecule has 1 aromatic carbocycles. The van der Waals surface area contributed by atoms with Gasteiger partial charge >= 0.3 is 6.18 Å². The van der Waals surface area contributed by atoms with Gasteiger partial charge in [0.15, 0.2) is 0 Å². The lowest BCUT2D eigenvalue weighted by atomic mass is 10.1. The minimum atomic E-state index is -4.43. The molecule has 19 heavy (non-hydrogen) atoms. The molecule has 2 aromatic rings. The van der Waals surface area contributed by atoms with E-state index < -0.39 is 17.1 Å². The highest BCUT2D eigenvalue weighted by Gasteiger charge is 2.33. The summed E-state index contributed by atoms with van der Waals surface area (Å²) >= 11 is 16.3. The van der Waals surface area contributed by atoms with Crippen molar-refractivity contribution in [2.75, 3.05) is 0 Å². The molecule has 1 unspecified atom stereocenters. The zero-order valence-corrected chi connectivity index (χ0v) is 13.1. The lowest BCUT2D eigenvalue weighted by Gasteiger charge is -2.14. The van der Waals surface area contributed by atoms with Crippen LogP contribution in [0.15, 0.2) is 34.1 Å². The van der Waals surface area contributed by atoms with Crippen LogP contribution in [0.3, 0.4) is 0 Å². The van der Waals surface area contributed by atoms with Gasteiger partial charge in [0.25, 0.3) is 0 Å². The van der Waals surface area contributed by atoms with Gasteiger partial charge in [0, 0.05) is 9.35 Å². The van der Waals surface area contributed by atoms with Crippen LogP contribution in [0.2, 0.25) is 5.02 Å². The van der Waals surface area contributed by atoms with Crippen LogP contribution in [0.1, 0.15) is 21.4 Å². The van der Waals surface area contributed by atoms with Crippen LogP contribution in [0.5, 0.6) is 0 Å². The summed E-state index contributed by atoms with van der Waals surface area (Å²) in [6, 6.07) is 5.60. The van der Waals surface area contributed by atoms with Crippen LogP contribution in [-0.2, 0) is 6.18 Å². The minimum Gasteiger partial charge on any atom is -0.166 e. The molecule has 2 rings (SSSR count).